The second-order valence-electron chi connectivity index (χ2n) is 6.56. The van der Waals surface area contributed by atoms with Crippen LogP contribution >= 0.6 is 23.2 Å². The minimum atomic E-state index is -0.533. The Balaban J connectivity index is 1.59. The van der Waals surface area contributed by atoms with Crippen LogP contribution in [-0.4, -0.2) is 30.8 Å². The van der Waals surface area contributed by atoms with Crippen LogP contribution in [0.5, 0.6) is 5.88 Å². The molecule has 0 unspecified atom stereocenters. The highest BCUT2D eigenvalue weighted by atomic mass is 35.5. The van der Waals surface area contributed by atoms with Crippen LogP contribution in [0.25, 0.3) is 11.3 Å². The third-order valence-corrected chi connectivity index (χ3v) is 4.70. The number of benzene rings is 1. The second-order valence-corrected chi connectivity index (χ2v) is 7.40. The van der Waals surface area contributed by atoms with Crippen molar-refractivity contribution in [3.8, 4) is 23.3 Å². The molecule has 0 fully saturated rings. The SMILES string of the molecule is COCc1cc(C)nc(OCC(=O)N/N=C/c2ccc(-c3ccc(Cl)cc3Cl)o2)c1C#N. The number of aryl methyl sites for hydroxylation is 1. The van der Waals surface area contributed by atoms with Crippen LogP contribution in [0.4, 0.5) is 0 Å². The van der Waals surface area contributed by atoms with Gasteiger partial charge in [-0.2, -0.15) is 10.4 Å². The lowest BCUT2D eigenvalue weighted by atomic mass is 10.1. The van der Waals surface area contributed by atoms with Crippen LogP contribution in [0, 0.1) is 18.3 Å². The fourth-order valence-corrected chi connectivity index (χ4v) is 3.30. The predicted octanol–water partition coefficient (Wildman–Crippen LogP) is 4.50. The van der Waals surface area contributed by atoms with E-state index in [-0.39, 0.29) is 24.7 Å². The summed E-state index contributed by atoms with van der Waals surface area (Å²) in [7, 11) is 1.52. The summed E-state index contributed by atoms with van der Waals surface area (Å²) in [5.74, 6) is 0.469. The molecule has 2 aromatic heterocycles. The van der Waals surface area contributed by atoms with Gasteiger partial charge in [0.1, 0.15) is 23.2 Å². The average Bonchev–Trinajstić information content (AvgIpc) is 3.21. The van der Waals surface area contributed by atoms with Crippen molar-refractivity contribution in [1.29, 1.82) is 5.26 Å². The highest BCUT2D eigenvalue weighted by molar-refractivity contribution is 6.36. The molecule has 1 aromatic carbocycles. The van der Waals surface area contributed by atoms with Crippen molar-refractivity contribution in [2.75, 3.05) is 13.7 Å². The number of carbonyl (C=O) groups is 1. The second kappa shape index (κ2) is 10.8. The summed E-state index contributed by atoms with van der Waals surface area (Å²) in [6.07, 6.45) is 1.34. The lowest BCUT2D eigenvalue weighted by Crippen LogP contribution is -2.25. The number of nitrogens with zero attached hydrogens (tertiary/aromatic N) is 3. The van der Waals surface area contributed by atoms with Crippen molar-refractivity contribution in [2.45, 2.75) is 13.5 Å². The van der Waals surface area contributed by atoms with Gasteiger partial charge in [0.25, 0.3) is 5.91 Å². The van der Waals surface area contributed by atoms with Crippen molar-refractivity contribution in [3.05, 3.63) is 69.0 Å². The molecule has 1 N–H and O–H groups in total. The number of hydrogen-bond acceptors (Lipinski definition) is 7. The number of halogens is 2. The minimum Gasteiger partial charge on any atom is -0.467 e. The normalized spacial score (nSPS) is 10.8. The van der Waals surface area contributed by atoms with Gasteiger partial charge in [-0.05, 0) is 43.3 Å². The highest BCUT2D eigenvalue weighted by Crippen LogP contribution is 2.31. The molecule has 8 nitrogen and oxygen atoms in total. The maximum atomic E-state index is 12.1. The molecule has 2 heterocycles. The number of rotatable bonds is 8. The lowest BCUT2D eigenvalue weighted by molar-refractivity contribution is -0.123. The van der Waals surface area contributed by atoms with Gasteiger partial charge in [0, 0.05) is 29.0 Å². The molecule has 164 valence electrons. The van der Waals surface area contributed by atoms with Crippen LogP contribution in [0.3, 0.4) is 0 Å². The molecule has 0 saturated heterocycles. The molecule has 1 amide bonds. The number of hydrazone groups is 1. The van der Waals surface area contributed by atoms with Gasteiger partial charge in [-0.1, -0.05) is 23.2 Å². The van der Waals surface area contributed by atoms with Crippen LogP contribution in [0.2, 0.25) is 10.0 Å². The Labute approximate surface area is 194 Å². The van der Waals surface area contributed by atoms with Crippen molar-refractivity contribution in [3.63, 3.8) is 0 Å². The van der Waals surface area contributed by atoms with E-state index in [0.717, 1.165) is 0 Å². The third kappa shape index (κ3) is 5.86. The van der Waals surface area contributed by atoms with E-state index in [1.54, 1.807) is 43.3 Å². The maximum absolute atomic E-state index is 12.1. The van der Waals surface area contributed by atoms with Gasteiger partial charge in [0.2, 0.25) is 5.88 Å². The highest BCUT2D eigenvalue weighted by Gasteiger charge is 2.14. The smallest absolute Gasteiger partial charge is 0.278 e. The molecular weight excluding hydrogens is 455 g/mol. The van der Waals surface area contributed by atoms with E-state index in [4.69, 9.17) is 37.1 Å². The Morgan fingerprint density at radius 2 is 2.12 bits per heavy atom. The van der Waals surface area contributed by atoms with E-state index in [1.807, 2.05) is 6.07 Å². The van der Waals surface area contributed by atoms with Crippen LogP contribution in [0.15, 0.2) is 45.9 Å². The van der Waals surface area contributed by atoms with Gasteiger partial charge in [0.15, 0.2) is 6.61 Å². The van der Waals surface area contributed by atoms with E-state index in [9.17, 15) is 10.1 Å². The third-order valence-electron chi connectivity index (χ3n) is 4.15. The number of ether oxygens (including phenoxy) is 2. The lowest BCUT2D eigenvalue weighted by Gasteiger charge is -2.10. The molecule has 3 aromatic rings. The van der Waals surface area contributed by atoms with E-state index >= 15 is 0 Å². The summed E-state index contributed by atoms with van der Waals surface area (Å²) in [5.41, 5.74) is 4.50. The summed E-state index contributed by atoms with van der Waals surface area (Å²) in [6, 6.07) is 12.2. The number of hydrogen-bond donors (Lipinski definition) is 1. The van der Waals surface area contributed by atoms with E-state index in [2.05, 4.69) is 15.5 Å². The van der Waals surface area contributed by atoms with Gasteiger partial charge in [0.05, 0.1) is 17.8 Å². The quantitative estimate of drug-likeness (QED) is 0.381. The number of pyridine rings is 1. The Kier molecular flexibility index (Phi) is 7.84. The number of nitrogens with one attached hydrogen (secondary N) is 1. The van der Waals surface area contributed by atoms with Gasteiger partial charge >= 0.3 is 0 Å². The zero-order chi connectivity index (χ0) is 23.1. The fraction of sp³-hybridized carbons (Fsp3) is 0.182. The van der Waals surface area contributed by atoms with Crippen LogP contribution < -0.4 is 10.2 Å². The summed E-state index contributed by atoms with van der Waals surface area (Å²) < 4.78 is 16.2. The first-order valence-corrected chi connectivity index (χ1v) is 10.1. The number of amides is 1. The molecule has 0 aliphatic carbocycles. The maximum Gasteiger partial charge on any atom is 0.278 e. The number of nitriles is 1. The minimum absolute atomic E-state index is 0.0641. The first-order valence-electron chi connectivity index (χ1n) is 9.30. The molecule has 0 spiro atoms. The summed E-state index contributed by atoms with van der Waals surface area (Å²) in [5, 5.41) is 14.2. The fourth-order valence-electron chi connectivity index (χ4n) is 2.79. The van der Waals surface area contributed by atoms with E-state index in [0.29, 0.717) is 38.4 Å². The Hall–Kier alpha value is -3.38. The zero-order valence-electron chi connectivity index (χ0n) is 17.2. The van der Waals surface area contributed by atoms with Crippen molar-refractivity contribution in [2.24, 2.45) is 5.10 Å². The largest absolute Gasteiger partial charge is 0.467 e. The number of furan rings is 1. The molecule has 0 saturated carbocycles. The number of carbonyl (C=O) groups excluding carboxylic acids is 1. The number of methoxy groups -OCH3 is 1. The molecule has 0 aliphatic heterocycles. The molecule has 0 radical (unpaired) electrons. The topological polar surface area (TPSA) is 110 Å². The van der Waals surface area contributed by atoms with Crippen molar-refractivity contribution in [1.82, 2.24) is 10.4 Å². The van der Waals surface area contributed by atoms with Crippen LogP contribution in [0.1, 0.15) is 22.6 Å². The summed E-state index contributed by atoms with van der Waals surface area (Å²) in [6.45, 7) is 1.61. The monoisotopic (exact) mass is 472 g/mol. The predicted molar refractivity (Wildman–Crippen MR) is 120 cm³/mol. The molecule has 10 heteroatoms. The molecule has 3 rings (SSSR count). The number of aromatic nitrogens is 1. The average molecular weight is 473 g/mol. The summed E-state index contributed by atoms with van der Waals surface area (Å²) in [4.78, 5) is 16.2. The first kappa shape index (κ1) is 23.3. The van der Waals surface area contributed by atoms with Crippen molar-refractivity contribution >= 4 is 35.3 Å². The molecule has 0 aliphatic rings. The molecular formula is C22H18Cl2N4O4. The zero-order valence-corrected chi connectivity index (χ0v) is 18.7. The molecule has 0 bridgehead atoms. The van der Waals surface area contributed by atoms with E-state index in [1.165, 1.54) is 13.3 Å². The first-order chi connectivity index (χ1) is 15.4. The Morgan fingerprint density at radius 3 is 2.84 bits per heavy atom. The van der Waals surface area contributed by atoms with Gasteiger partial charge < -0.3 is 13.9 Å². The van der Waals surface area contributed by atoms with E-state index < -0.39 is 5.91 Å². The Bertz CT molecular complexity index is 1200. The van der Waals surface area contributed by atoms with Gasteiger partial charge in [-0.25, -0.2) is 10.4 Å². The Morgan fingerprint density at radius 1 is 1.31 bits per heavy atom. The van der Waals surface area contributed by atoms with Gasteiger partial charge in [-0.15, -0.1) is 0 Å². The van der Waals surface area contributed by atoms with Gasteiger partial charge in [-0.3, -0.25) is 4.79 Å². The van der Waals surface area contributed by atoms with Crippen LogP contribution in [-0.2, 0) is 16.1 Å². The van der Waals surface area contributed by atoms with Crippen molar-refractivity contribution < 1.29 is 18.7 Å². The summed E-state index contributed by atoms with van der Waals surface area (Å²) >= 11 is 12.1. The standard InChI is InChI=1S/C22H18Cl2N4O4/c1-13-7-14(11-30-2)18(9-25)22(27-13)31-12-21(29)28-26-10-16-4-6-20(32-16)17-5-3-15(23)8-19(17)24/h3-8,10H,11-12H2,1-2H3,(H,28,29)/b26-10+. The molecule has 0 atom stereocenters. The molecule has 32 heavy (non-hydrogen) atoms.